The number of carbonyl (C=O) groups excluding carboxylic acids is 1. The van der Waals surface area contributed by atoms with Gasteiger partial charge in [-0.05, 0) is 43.0 Å². The van der Waals surface area contributed by atoms with E-state index in [1.165, 1.54) is 95.6 Å². The largest absolute Gasteiger partial charge is 0.490 e. The molecule has 2 aliphatic rings. The molecule has 1 saturated heterocycles. The van der Waals surface area contributed by atoms with E-state index in [9.17, 15) is 13.6 Å². The number of hydrogen-bond acceptors (Lipinski definition) is 5. The fourth-order valence-electron chi connectivity index (χ4n) is 6.32. The number of carbonyl (C=O) groups is 1. The number of esters is 1. The predicted molar refractivity (Wildman–Crippen MR) is 169 cm³/mol. The normalized spacial score (nSPS) is 18.9. The lowest BCUT2D eigenvalue weighted by Crippen LogP contribution is -2.27. The summed E-state index contributed by atoms with van der Waals surface area (Å²) in [6.45, 7) is 3.86. The van der Waals surface area contributed by atoms with Crippen LogP contribution in [-0.4, -0.2) is 25.8 Å². The summed E-state index contributed by atoms with van der Waals surface area (Å²) in [6, 6.07) is 9.21. The van der Waals surface area contributed by atoms with Crippen molar-refractivity contribution in [1.29, 1.82) is 0 Å². The molecule has 0 unspecified atom stereocenters. The Morgan fingerprint density at radius 1 is 0.750 bits per heavy atom. The number of unbranched alkanes of at least 4 members (excludes halogenated alkanes) is 9. The SMILES string of the molecule is CCCCCCCCCC1COC(c2ccc(OC(=O)c3ccc(OCCCCCCC4CCCC4)c(F)c3F)cc2)OC1. The van der Waals surface area contributed by atoms with Crippen LogP contribution in [-0.2, 0) is 9.47 Å². The van der Waals surface area contributed by atoms with E-state index in [1.807, 2.05) is 0 Å². The van der Waals surface area contributed by atoms with Crippen LogP contribution in [0.15, 0.2) is 36.4 Å². The summed E-state index contributed by atoms with van der Waals surface area (Å²) < 4.78 is 52.1. The number of hydrogen-bond donors (Lipinski definition) is 0. The zero-order valence-electron chi connectivity index (χ0n) is 26.6. The highest BCUT2D eigenvalue weighted by Gasteiger charge is 2.24. The summed E-state index contributed by atoms with van der Waals surface area (Å²) in [5, 5.41) is 0. The summed E-state index contributed by atoms with van der Waals surface area (Å²) in [7, 11) is 0. The fourth-order valence-corrected chi connectivity index (χ4v) is 6.32. The van der Waals surface area contributed by atoms with Crippen molar-refractivity contribution in [2.75, 3.05) is 19.8 Å². The van der Waals surface area contributed by atoms with E-state index in [1.54, 1.807) is 24.3 Å². The molecular formula is C37H52F2O5. The minimum atomic E-state index is -1.27. The summed E-state index contributed by atoms with van der Waals surface area (Å²) in [5.41, 5.74) is 0.337. The molecule has 1 saturated carbocycles. The fraction of sp³-hybridized carbons (Fsp3) is 0.649. The topological polar surface area (TPSA) is 54.0 Å². The monoisotopic (exact) mass is 614 g/mol. The Morgan fingerprint density at radius 2 is 1.36 bits per heavy atom. The summed E-state index contributed by atoms with van der Waals surface area (Å²) >= 11 is 0. The number of halogens is 2. The van der Waals surface area contributed by atoms with Gasteiger partial charge in [0.15, 0.2) is 17.9 Å². The van der Waals surface area contributed by atoms with E-state index in [4.69, 9.17) is 18.9 Å². The lowest BCUT2D eigenvalue weighted by atomic mass is 9.99. The third-order valence-electron chi connectivity index (χ3n) is 9.05. The maximum Gasteiger partial charge on any atom is 0.346 e. The van der Waals surface area contributed by atoms with Crippen LogP contribution < -0.4 is 9.47 Å². The third-order valence-corrected chi connectivity index (χ3v) is 9.05. The van der Waals surface area contributed by atoms with Gasteiger partial charge >= 0.3 is 5.97 Å². The minimum absolute atomic E-state index is 0.188. The van der Waals surface area contributed by atoms with Gasteiger partial charge in [-0.1, -0.05) is 115 Å². The van der Waals surface area contributed by atoms with Crippen molar-refractivity contribution < 1.29 is 32.5 Å². The van der Waals surface area contributed by atoms with Crippen LogP contribution in [0.5, 0.6) is 11.5 Å². The van der Waals surface area contributed by atoms with Gasteiger partial charge in [0.05, 0.1) is 25.4 Å². The molecule has 0 bridgehead atoms. The second-order valence-corrected chi connectivity index (χ2v) is 12.7. The molecule has 2 aromatic carbocycles. The molecule has 1 heterocycles. The van der Waals surface area contributed by atoms with Crippen molar-refractivity contribution in [3.63, 3.8) is 0 Å². The highest BCUT2D eigenvalue weighted by atomic mass is 19.2. The van der Waals surface area contributed by atoms with Gasteiger partial charge in [-0.15, -0.1) is 0 Å². The molecule has 0 N–H and O–H groups in total. The van der Waals surface area contributed by atoms with Gasteiger partial charge in [0.2, 0.25) is 5.82 Å². The standard InChI is InChI=1S/C37H52F2O5/c1-2-3-4-5-6-7-11-18-29-26-42-37(43-27-29)30-19-21-31(22-20-30)44-36(40)32-23-24-33(35(39)34(32)38)41-25-14-9-8-10-15-28-16-12-13-17-28/h19-24,28-29,37H,2-18,25-27H2,1H3. The second-order valence-electron chi connectivity index (χ2n) is 12.7. The van der Waals surface area contributed by atoms with Gasteiger partial charge in [0.1, 0.15) is 5.75 Å². The molecule has 7 heteroatoms. The maximum absolute atomic E-state index is 14.7. The molecule has 5 nitrogen and oxygen atoms in total. The maximum atomic E-state index is 14.7. The number of ether oxygens (including phenoxy) is 4. The molecule has 0 aromatic heterocycles. The number of benzene rings is 2. The Morgan fingerprint density at radius 3 is 2.05 bits per heavy atom. The molecule has 0 spiro atoms. The zero-order chi connectivity index (χ0) is 31.0. The van der Waals surface area contributed by atoms with Crippen LogP contribution in [0.2, 0.25) is 0 Å². The van der Waals surface area contributed by atoms with Crippen LogP contribution in [0.3, 0.4) is 0 Å². The molecule has 1 aliphatic heterocycles. The lowest BCUT2D eigenvalue weighted by Gasteiger charge is -2.29. The summed E-state index contributed by atoms with van der Waals surface area (Å²) in [4.78, 5) is 12.6. The molecule has 244 valence electrons. The van der Waals surface area contributed by atoms with Crippen molar-refractivity contribution in [3.8, 4) is 11.5 Å². The van der Waals surface area contributed by atoms with Gasteiger partial charge in [-0.2, -0.15) is 4.39 Å². The predicted octanol–water partition coefficient (Wildman–Crippen LogP) is 10.5. The van der Waals surface area contributed by atoms with Crippen molar-refractivity contribution in [2.24, 2.45) is 11.8 Å². The molecule has 2 fully saturated rings. The van der Waals surface area contributed by atoms with Crippen molar-refractivity contribution in [2.45, 2.75) is 122 Å². The summed E-state index contributed by atoms with van der Waals surface area (Å²) in [5.74, 6) is -2.07. The average Bonchev–Trinajstić information content (AvgIpc) is 3.56. The van der Waals surface area contributed by atoms with Crippen LogP contribution >= 0.6 is 0 Å². The smallest absolute Gasteiger partial charge is 0.346 e. The quantitative estimate of drug-likeness (QED) is 0.0895. The molecule has 4 rings (SSSR count). The average molecular weight is 615 g/mol. The zero-order valence-corrected chi connectivity index (χ0v) is 26.6. The van der Waals surface area contributed by atoms with Crippen LogP contribution in [0, 0.1) is 23.5 Å². The first-order chi connectivity index (χ1) is 21.5. The molecular weight excluding hydrogens is 562 g/mol. The molecule has 2 aromatic rings. The van der Waals surface area contributed by atoms with Crippen molar-refractivity contribution >= 4 is 5.97 Å². The lowest BCUT2D eigenvalue weighted by molar-refractivity contribution is -0.206. The van der Waals surface area contributed by atoms with Crippen LogP contribution in [0.4, 0.5) is 8.78 Å². The third kappa shape index (κ3) is 11.1. The van der Waals surface area contributed by atoms with Gasteiger partial charge in [0, 0.05) is 11.5 Å². The molecule has 0 atom stereocenters. The van der Waals surface area contributed by atoms with Gasteiger partial charge < -0.3 is 18.9 Å². The molecule has 44 heavy (non-hydrogen) atoms. The first-order valence-electron chi connectivity index (χ1n) is 17.2. The second kappa shape index (κ2) is 19.1. The van der Waals surface area contributed by atoms with Crippen molar-refractivity contribution in [3.05, 3.63) is 59.2 Å². The van der Waals surface area contributed by atoms with Crippen molar-refractivity contribution in [1.82, 2.24) is 0 Å². The van der Waals surface area contributed by atoms with Gasteiger partial charge in [0.25, 0.3) is 0 Å². The number of rotatable bonds is 19. The Bertz CT molecular complexity index is 1110. The van der Waals surface area contributed by atoms with E-state index in [0.717, 1.165) is 37.2 Å². The van der Waals surface area contributed by atoms with Crippen LogP contribution in [0.1, 0.15) is 138 Å². The van der Waals surface area contributed by atoms with E-state index >= 15 is 0 Å². The Labute approximate surface area is 263 Å². The van der Waals surface area contributed by atoms with E-state index in [0.29, 0.717) is 25.7 Å². The van der Waals surface area contributed by atoms with E-state index < -0.39 is 29.5 Å². The highest BCUT2D eigenvalue weighted by molar-refractivity contribution is 5.91. The Kier molecular flexibility index (Phi) is 14.9. The molecule has 0 amide bonds. The minimum Gasteiger partial charge on any atom is -0.490 e. The Balaban J connectivity index is 1.14. The van der Waals surface area contributed by atoms with Gasteiger partial charge in [-0.25, -0.2) is 9.18 Å². The summed E-state index contributed by atoms with van der Waals surface area (Å²) in [6.07, 6.45) is 20.6. The first kappa shape index (κ1) is 34.4. The Hall–Kier alpha value is -2.51. The van der Waals surface area contributed by atoms with E-state index in [-0.39, 0.29) is 11.5 Å². The van der Waals surface area contributed by atoms with Crippen LogP contribution in [0.25, 0.3) is 0 Å². The first-order valence-corrected chi connectivity index (χ1v) is 17.2. The molecule has 0 radical (unpaired) electrons. The highest BCUT2D eigenvalue weighted by Crippen LogP contribution is 2.31. The molecule has 1 aliphatic carbocycles. The van der Waals surface area contributed by atoms with E-state index in [2.05, 4.69) is 6.92 Å². The van der Waals surface area contributed by atoms with Gasteiger partial charge in [-0.3, -0.25) is 0 Å².